The Bertz CT molecular complexity index is 383. The second kappa shape index (κ2) is 9.55. The molecule has 1 amide bonds. The Labute approximate surface area is 128 Å². The van der Waals surface area contributed by atoms with Crippen LogP contribution < -0.4 is 10.6 Å². The Balaban J connectivity index is 0.00000361. The number of hydrogen-bond acceptors (Lipinski definition) is 4. The van der Waals surface area contributed by atoms with E-state index in [-0.39, 0.29) is 30.6 Å². The fourth-order valence-electron chi connectivity index (χ4n) is 2.16. The van der Waals surface area contributed by atoms with E-state index in [0.29, 0.717) is 12.5 Å². The van der Waals surface area contributed by atoms with Crippen LogP contribution in [0.4, 0.5) is 0 Å². The van der Waals surface area contributed by atoms with Gasteiger partial charge >= 0.3 is 0 Å². The van der Waals surface area contributed by atoms with Gasteiger partial charge in [-0.1, -0.05) is 0 Å². The molecule has 20 heavy (non-hydrogen) atoms. The largest absolute Gasteiger partial charge is 0.355 e. The number of carbonyl (C=O) groups excluding carboxylic acids is 1. The van der Waals surface area contributed by atoms with E-state index in [9.17, 15) is 13.2 Å². The van der Waals surface area contributed by atoms with Crippen molar-refractivity contribution in [3.8, 4) is 0 Å². The second-order valence-electron chi connectivity index (χ2n) is 5.01. The van der Waals surface area contributed by atoms with E-state index in [1.807, 2.05) is 0 Å². The van der Waals surface area contributed by atoms with Crippen LogP contribution in [-0.2, 0) is 14.8 Å². The Kier molecular flexibility index (Phi) is 9.37. The number of amides is 1. The van der Waals surface area contributed by atoms with Crippen molar-refractivity contribution in [1.82, 2.24) is 14.9 Å². The summed E-state index contributed by atoms with van der Waals surface area (Å²) in [5.41, 5.74) is 0. The first-order valence-electron chi connectivity index (χ1n) is 6.87. The smallest absolute Gasteiger partial charge is 0.235 e. The maximum Gasteiger partial charge on any atom is 0.235 e. The average molecular weight is 328 g/mol. The van der Waals surface area contributed by atoms with E-state index in [2.05, 4.69) is 10.6 Å². The van der Waals surface area contributed by atoms with E-state index in [1.54, 1.807) is 6.92 Å². The third-order valence-electron chi connectivity index (χ3n) is 3.48. The lowest BCUT2D eigenvalue weighted by Gasteiger charge is -2.22. The molecule has 0 spiro atoms. The fraction of sp³-hybridized carbons (Fsp3) is 0.917. The van der Waals surface area contributed by atoms with Gasteiger partial charge < -0.3 is 10.6 Å². The summed E-state index contributed by atoms with van der Waals surface area (Å²) in [5.74, 6) is 0.402. The van der Waals surface area contributed by atoms with Crippen LogP contribution in [-0.4, -0.2) is 57.6 Å². The number of nitrogens with zero attached hydrogens (tertiary/aromatic N) is 1. The minimum atomic E-state index is -3.28. The molecule has 1 rings (SSSR count). The molecule has 120 valence electrons. The molecule has 2 N–H and O–H groups in total. The molecular formula is C12H26ClN3O3S. The van der Waals surface area contributed by atoms with Crippen molar-refractivity contribution in [2.45, 2.75) is 26.2 Å². The van der Waals surface area contributed by atoms with Crippen molar-refractivity contribution in [2.24, 2.45) is 5.92 Å². The van der Waals surface area contributed by atoms with Gasteiger partial charge in [0.25, 0.3) is 0 Å². The molecule has 0 aliphatic carbocycles. The van der Waals surface area contributed by atoms with Crippen LogP contribution in [0.15, 0.2) is 0 Å². The Morgan fingerprint density at radius 3 is 2.70 bits per heavy atom. The fourth-order valence-corrected chi connectivity index (χ4v) is 2.92. The number of likely N-dealkylation sites (N-methyl/N-ethyl adjacent to an activating group) is 1. The molecule has 1 heterocycles. The summed E-state index contributed by atoms with van der Waals surface area (Å²) in [4.78, 5) is 11.6. The Morgan fingerprint density at radius 2 is 2.15 bits per heavy atom. The van der Waals surface area contributed by atoms with Gasteiger partial charge in [0.2, 0.25) is 15.9 Å². The van der Waals surface area contributed by atoms with Crippen LogP contribution in [0.3, 0.4) is 0 Å². The number of nitrogens with one attached hydrogen (secondary N) is 2. The minimum absolute atomic E-state index is 0. The van der Waals surface area contributed by atoms with Crippen molar-refractivity contribution < 1.29 is 13.2 Å². The lowest BCUT2D eigenvalue weighted by molar-refractivity contribution is -0.121. The molecule has 1 unspecified atom stereocenters. The number of carbonyl (C=O) groups is 1. The zero-order chi connectivity index (χ0) is 14.3. The van der Waals surface area contributed by atoms with Gasteiger partial charge in [0, 0.05) is 13.6 Å². The number of halogens is 1. The third kappa shape index (κ3) is 6.88. The van der Waals surface area contributed by atoms with Gasteiger partial charge in [-0.2, -0.15) is 4.31 Å². The van der Waals surface area contributed by atoms with E-state index in [4.69, 9.17) is 0 Å². The number of rotatable bonds is 7. The Morgan fingerprint density at radius 1 is 1.45 bits per heavy atom. The lowest BCUT2D eigenvalue weighted by Crippen LogP contribution is -2.40. The van der Waals surface area contributed by atoms with Crippen molar-refractivity contribution >= 4 is 28.3 Å². The molecule has 6 nitrogen and oxygen atoms in total. The van der Waals surface area contributed by atoms with Gasteiger partial charge in [-0.05, 0) is 45.2 Å². The van der Waals surface area contributed by atoms with Crippen LogP contribution in [0.2, 0.25) is 0 Å². The molecule has 0 aromatic heterocycles. The van der Waals surface area contributed by atoms with Gasteiger partial charge in [-0.25, -0.2) is 8.42 Å². The predicted octanol–water partition coefficient (Wildman–Crippen LogP) is 0.196. The quantitative estimate of drug-likeness (QED) is 0.700. The van der Waals surface area contributed by atoms with Crippen LogP contribution >= 0.6 is 12.4 Å². The van der Waals surface area contributed by atoms with Gasteiger partial charge in [-0.3, -0.25) is 4.79 Å². The summed E-state index contributed by atoms with van der Waals surface area (Å²) < 4.78 is 24.1. The zero-order valence-electron chi connectivity index (χ0n) is 12.2. The first-order chi connectivity index (χ1) is 8.95. The van der Waals surface area contributed by atoms with Gasteiger partial charge in [0.05, 0.1) is 12.3 Å². The van der Waals surface area contributed by atoms with Crippen LogP contribution in [0.25, 0.3) is 0 Å². The highest BCUT2D eigenvalue weighted by molar-refractivity contribution is 7.89. The molecule has 0 bridgehead atoms. The molecule has 0 aromatic carbocycles. The van der Waals surface area contributed by atoms with Crippen molar-refractivity contribution in [3.05, 3.63) is 0 Å². The van der Waals surface area contributed by atoms with Crippen LogP contribution in [0, 0.1) is 5.92 Å². The summed E-state index contributed by atoms with van der Waals surface area (Å²) >= 11 is 0. The highest BCUT2D eigenvalue weighted by Gasteiger charge is 2.18. The summed E-state index contributed by atoms with van der Waals surface area (Å²) in [6.45, 7) is 4.19. The Hall–Kier alpha value is -0.370. The molecule has 0 radical (unpaired) electrons. The molecule has 1 aliphatic heterocycles. The lowest BCUT2D eigenvalue weighted by atomic mass is 9.96. The first-order valence-corrected chi connectivity index (χ1v) is 8.48. The minimum Gasteiger partial charge on any atom is -0.355 e. The van der Waals surface area contributed by atoms with Gasteiger partial charge in [-0.15, -0.1) is 12.4 Å². The standard InChI is InChI=1S/C12H25N3O3S.ClH/c1-3-19(17,18)15(2)10-12(16)14-8-6-11-5-4-7-13-9-11;/h11,13H,3-10H2,1-2H3,(H,14,16);1H. The zero-order valence-corrected chi connectivity index (χ0v) is 13.9. The SMILES string of the molecule is CCS(=O)(=O)N(C)CC(=O)NCCC1CCCNC1.Cl. The molecule has 0 aromatic rings. The van der Waals surface area contributed by atoms with E-state index in [0.717, 1.165) is 23.8 Å². The number of sulfonamides is 1. The van der Waals surface area contributed by atoms with Crippen LogP contribution in [0.1, 0.15) is 26.2 Å². The predicted molar refractivity (Wildman–Crippen MR) is 82.6 cm³/mol. The van der Waals surface area contributed by atoms with Crippen molar-refractivity contribution in [1.29, 1.82) is 0 Å². The maximum atomic E-state index is 11.6. The third-order valence-corrected chi connectivity index (χ3v) is 5.29. The molecule has 1 atom stereocenters. The number of piperidine rings is 1. The summed E-state index contributed by atoms with van der Waals surface area (Å²) in [6, 6.07) is 0. The molecule has 0 saturated carbocycles. The molecular weight excluding hydrogens is 302 g/mol. The monoisotopic (exact) mass is 327 g/mol. The summed E-state index contributed by atoms with van der Waals surface area (Å²) in [6.07, 6.45) is 3.34. The highest BCUT2D eigenvalue weighted by Crippen LogP contribution is 2.12. The van der Waals surface area contributed by atoms with E-state index < -0.39 is 10.0 Å². The van der Waals surface area contributed by atoms with Gasteiger partial charge in [0.15, 0.2) is 0 Å². The van der Waals surface area contributed by atoms with Crippen LogP contribution in [0.5, 0.6) is 0 Å². The average Bonchev–Trinajstić information content (AvgIpc) is 2.39. The summed E-state index contributed by atoms with van der Waals surface area (Å²) in [7, 11) is -1.84. The molecule has 1 aliphatic rings. The van der Waals surface area contributed by atoms with E-state index in [1.165, 1.54) is 19.9 Å². The maximum absolute atomic E-state index is 11.6. The molecule has 1 fully saturated rings. The van der Waals surface area contributed by atoms with E-state index >= 15 is 0 Å². The topological polar surface area (TPSA) is 78.5 Å². The van der Waals surface area contributed by atoms with Gasteiger partial charge in [0.1, 0.15) is 0 Å². The second-order valence-corrected chi connectivity index (χ2v) is 7.37. The normalized spacial score (nSPS) is 19.4. The number of hydrogen-bond donors (Lipinski definition) is 2. The first kappa shape index (κ1) is 19.6. The summed E-state index contributed by atoms with van der Waals surface area (Å²) in [5, 5.41) is 6.12. The molecule has 1 saturated heterocycles. The van der Waals surface area contributed by atoms with Crippen molar-refractivity contribution in [3.63, 3.8) is 0 Å². The van der Waals surface area contributed by atoms with Crippen molar-refractivity contribution in [2.75, 3.05) is 39.0 Å². The highest BCUT2D eigenvalue weighted by atomic mass is 35.5. The molecule has 8 heteroatoms.